The maximum atomic E-state index is 11.6. The zero-order chi connectivity index (χ0) is 35.2. The SMILES string of the molecule is O=[N+]([O-])c1ccc2ccccc2c1-c1cccc2ccccc12.O=[N+]([O-])c1ccc2ccccc2c1Br.OB(O)c1cccc2ccccc12. The van der Waals surface area contributed by atoms with Gasteiger partial charge in [-0.1, -0.05) is 133 Å². The molecule has 0 bridgehead atoms. The van der Waals surface area contributed by atoms with Crippen molar-refractivity contribution in [2.45, 2.75) is 0 Å². The van der Waals surface area contributed by atoms with Gasteiger partial charge < -0.3 is 10.0 Å². The Bertz CT molecular complexity index is 2510. The van der Waals surface area contributed by atoms with Gasteiger partial charge in [-0.05, 0) is 76.8 Å². The molecule has 8 aromatic carbocycles. The summed E-state index contributed by atoms with van der Waals surface area (Å²) in [7, 11) is -1.40. The van der Waals surface area contributed by atoms with Crippen molar-refractivity contribution in [1.82, 2.24) is 0 Å². The molecule has 0 aliphatic heterocycles. The number of fused-ring (bicyclic) bond motifs is 4. The molecule has 50 heavy (non-hydrogen) atoms. The van der Waals surface area contributed by atoms with Crippen LogP contribution in [0.3, 0.4) is 0 Å². The standard InChI is InChI=1S/C20H13NO2.C10H9BO2.C10H6BrNO2/c22-21(23)19-13-12-15-7-2-4-10-17(15)20(19)18-11-5-8-14-6-1-3-9-16(14)18;12-11(13)10-7-3-5-8-4-1-2-6-9(8)10;11-10-8-4-2-1-3-7(8)5-6-9(10)12(13)14/h1-13H;1-7,12-13H;1-6H. The molecule has 0 aliphatic rings. The van der Waals surface area contributed by atoms with Gasteiger partial charge in [0.2, 0.25) is 0 Å². The van der Waals surface area contributed by atoms with Gasteiger partial charge in [-0.15, -0.1) is 0 Å². The van der Waals surface area contributed by atoms with E-state index >= 15 is 0 Å². The van der Waals surface area contributed by atoms with Crippen molar-refractivity contribution in [3.8, 4) is 11.1 Å². The van der Waals surface area contributed by atoms with Crippen molar-refractivity contribution in [2.75, 3.05) is 0 Å². The topological polar surface area (TPSA) is 127 Å². The zero-order valence-electron chi connectivity index (χ0n) is 26.4. The highest BCUT2D eigenvalue weighted by Crippen LogP contribution is 2.40. The molecule has 0 unspecified atom stereocenters. The molecule has 10 heteroatoms. The maximum Gasteiger partial charge on any atom is 0.489 e. The second kappa shape index (κ2) is 15.1. The van der Waals surface area contributed by atoms with Crippen LogP contribution in [0.1, 0.15) is 0 Å². The Morgan fingerprint density at radius 3 is 1.46 bits per heavy atom. The number of nitro groups is 2. The highest BCUT2D eigenvalue weighted by Gasteiger charge is 2.20. The molecule has 0 atom stereocenters. The zero-order valence-corrected chi connectivity index (χ0v) is 28.0. The smallest absolute Gasteiger partial charge is 0.423 e. The molecule has 8 rings (SSSR count). The Morgan fingerprint density at radius 2 is 0.880 bits per heavy atom. The van der Waals surface area contributed by atoms with Crippen molar-refractivity contribution >= 4 is 83.0 Å². The van der Waals surface area contributed by atoms with Gasteiger partial charge in [0.15, 0.2) is 0 Å². The van der Waals surface area contributed by atoms with E-state index in [-0.39, 0.29) is 16.3 Å². The van der Waals surface area contributed by atoms with E-state index in [1.807, 2.05) is 133 Å². The number of hydrogen-bond donors (Lipinski definition) is 2. The average molecular weight is 723 g/mol. The number of rotatable bonds is 4. The fourth-order valence-corrected chi connectivity index (χ4v) is 6.62. The molecule has 2 N–H and O–H groups in total. The van der Waals surface area contributed by atoms with E-state index in [1.54, 1.807) is 18.2 Å². The summed E-state index contributed by atoms with van der Waals surface area (Å²) in [6.45, 7) is 0. The summed E-state index contributed by atoms with van der Waals surface area (Å²) in [6.07, 6.45) is 0. The van der Waals surface area contributed by atoms with Crippen LogP contribution in [0, 0.1) is 20.2 Å². The minimum absolute atomic E-state index is 0.101. The molecule has 0 aromatic heterocycles. The van der Waals surface area contributed by atoms with Crippen LogP contribution in [-0.4, -0.2) is 27.0 Å². The lowest BCUT2D eigenvalue weighted by Gasteiger charge is -2.11. The molecule has 0 fully saturated rings. The molecule has 0 saturated carbocycles. The monoisotopic (exact) mass is 722 g/mol. The molecule has 0 radical (unpaired) electrons. The van der Waals surface area contributed by atoms with Crippen LogP contribution in [0.15, 0.2) is 162 Å². The highest BCUT2D eigenvalue weighted by atomic mass is 79.9. The number of nitrogens with zero attached hydrogens (tertiary/aromatic N) is 2. The first kappa shape index (κ1) is 33.9. The summed E-state index contributed by atoms with van der Waals surface area (Å²) in [4.78, 5) is 21.5. The number of benzene rings is 8. The summed E-state index contributed by atoms with van der Waals surface area (Å²) in [5.74, 6) is 0. The third-order valence-electron chi connectivity index (χ3n) is 8.30. The van der Waals surface area contributed by atoms with Crippen molar-refractivity contribution < 1.29 is 19.9 Å². The average Bonchev–Trinajstić information content (AvgIpc) is 3.14. The molecule has 244 valence electrons. The second-order valence-electron chi connectivity index (χ2n) is 11.3. The molecule has 8 nitrogen and oxygen atoms in total. The molecule has 0 aliphatic carbocycles. The van der Waals surface area contributed by atoms with Crippen molar-refractivity contribution in [3.63, 3.8) is 0 Å². The van der Waals surface area contributed by atoms with E-state index in [2.05, 4.69) is 15.9 Å². The Morgan fingerprint density at radius 1 is 0.460 bits per heavy atom. The van der Waals surface area contributed by atoms with Gasteiger partial charge in [-0.25, -0.2) is 0 Å². The number of halogens is 1. The van der Waals surface area contributed by atoms with Gasteiger partial charge in [0.25, 0.3) is 11.4 Å². The highest BCUT2D eigenvalue weighted by molar-refractivity contribution is 9.10. The van der Waals surface area contributed by atoms with E-state index in [4.69, 9.17) is 10.0 Å². The van der Waals surface area contributed by atoms with Gasteiger partial charge in [0, 0.05) is 17.5 Å². The molecule has 0 spiro atoms. The first-order chi connectivity index (χ1) is 24.2. The first-order valence-corrected chi connectivity index (χ1v) is 16.3. The fraction of sp³-hybridized carbons (Fsp3) is 0. The maximum absolute atomic E-state index is 11.6. The van der Waals surface area contributed by atoms with Gasteiger partial charge >= 0.3 is 7.12 Å². The van der Waals surface area contributed by atoms with Crippen LogP contribution in [0.5, 0.6) is 0 Å². The van der Waals surface area contributed by atoms with E-state index in [0.29, 0.717) is 15.5 Å². The quantitative estimate of drug-likeness (QED) is 0.106. The molecular formula is C40H28BBrN2O6. The lowest BCUT2D eigenvalue weighted by molar-refractivity contribution is -0.385. The van der Waals surface area contributed by atoms with Crippen LogP contribution < -0.4 is 5.46 Å². The summed E-state index contributed by atoms with van der Waals surface area (Å²) >= 11 is 3.24. The second-order valence-corrected chi connectivity index (χ2v) is 12.1. The fourth-order valence-electron chi connectivity index (χ4n) is 5.98. The van der Waals surface area contributed by atoms with Crippen molar-refractivity contribution in [3.05, 3.63) is 182 Å². The Hall–Kier alpha value is -5.94. The first-order valence-electron chi connectivity index (χ1n) is 15.5. The number of nitro benzene ring substituents is 2. The van der Waals surface area contributed by atoms with Crippen LogP contribution in [0.4, 0.5) is 11.4 Å². The van der Waals surface area contributed by atoms with Crippen molar-refractivity contribution in [2.24, 2.45) is 0 Å². The Kier molecular flexibility index (Phi) is 10.2. The summed E-state index contributed by atoms with van der Waals surface area (Å²) < 4.78 is 0.542. The molecular weight excluding hydrogens is 695 g/mol. The molecule has 0 amide bonds. The lowest BCUT2D eigenvalue weighted by atomic mass is 9.77. The van der Waals surface area contributed by atoms with Crippen LogP contribution in [0.2, 0.25) is 0 Å². The summed E-state index contributed by atoms with van der Waals surface area (Å²) in [5.41, 5.74) is 2.37. The van der Waals surface area contributed by atoms with Gasteiger partial charge in [0.05, 0.1) is 15.4 Å². The van der Waals surface area contributed by atoms with Gasteiger partial charge in [-0.2, -0.15) is 0 Å². The van der Waals surface area contributed by atoms with Crippen LogP contribution in [-0.2, 0) is 0 Å². The summed E-state index contributed by atoms with van der Waals surface area (Å²) in [5, 5.41) is 48.1. The summed E-state index contributed by atoms with van der Waals surface area (Å²) in [6, 6.07) is 49.0. The van der Waals surface area contributed by atoms with E-state index in [1.165, 1.54) is 6.07 Å². The third kappa shape index (κ3) is 7.08. The lowest BCUT2D eigenvalue weighted by Crippen LogP contribution is -2.30. The van der Waals surface area contributed by atoms with Crippen molar-refractivity contribution in [1.29, 1.82) is 0 Å². The van der Waals surface area contributed by atoms with E-state index < -0.39 is 12.0 Å². The number of hydrogen-bond acceptors (Lipinski definition) is 6. The van der Waals surface area contributed by atoms with Gasteiger partial charge in [-0.3, -0.25) is 20.2 Å². The normalized spacial score (nSPS) is 10.6. The van der Waals surface area contributed by atoms with Gasteiger partial charge in [0.1, 0.15) is 4.47 Å². The Balaban J connectivity index is 0.000000138. The van der Waals surface area contributed by atoms with Crippen LogP contribution >= 0.6 is 15.9 Å². The minimum Gasteiger partial charge on any atom is -0.423 e. The molecule has 0 saturated heterocycles. The predicted octanol–water partition coefficient (Wildman–Crippen LogP) is 9.60. The molecule has 8 aromatic rings. The third-order valence-corrected chi connectivity index (χ3v) is 9.14. The molecule has 0 heterocycles. The minimum atomic E-state index is -1.40. The van der Waals surface area contributed by atoms with Crippen LogP contribution in [0.25, 0.3) is 54.2 Å². The van der Waals surface area contributed by atoms with E-state index in [0.717, 1.165) is 48.7 Å². The predicted molar refractivity (Wildman–Crippen MR) is 206 cm³/mol. The Labute approximate surface area is 295 Å². The van der Waals surface area contributed by atoms with E-state index in [9.17, 15) is 20.2 Å². The largest absolute Gasteiger partial charge is 0.489 e.